The van der Waals surface area contributed by atoms with Crippen molar-refractivity contribution in [3.8, 4) is 0 Å². The topological polar surface area (TPSA) is 55.1 Å². The van der Waals surface area contributed by atoms with Crippen molar-refractivity contribution in [3.05, 3.63) is 46.9 Å². The number of hydrogen-bond acceptors (Lipinski definition) is 3. The molecule has 1 aliphatic carbocycles. The molecule has 3 rings (SSSR count). The van der Waals surface area contributed by atoms with Gasteiger partial charge in [0.1, 0.15) is 17.4 Å². The van der Waals surface area contributed by atoms with E-state index in [1.807, 2.05) is 0 Å². The molecule has 1 N–H and O–H groups in total. The van der Waals surface area contributed by atoms with Crippen LogP contribution in [0, 0.1) is 11.6 Å². The van der Waals surface area contributed by atoms with Crippen molar-refractivity contribution in [3.63, 3.8) is 0 Å². The number of hydrogen-bond donors (Lipinski definition) is 1. The van der Waals surface area contributed by atoms with Crippen molar-refractivity contribution in [2.45, 2.75) is 25.7 Å². The molecule has 1 amide bonds. The van der Waals surface area contributed by atoms with Crippen LogP contribution in [-0.4, -0.2) is 11.1 Å². The molecule has 2 aromatic rings. The van der Waals surface area contributed by atoms with Gasteiger partial charge in [-0.15, -0.1) is 0 Å². The molecule has 0 radical (unpaired) electrons. The first kappa shape index (κ1) is 12.8. The molecule has 4 nitrogen and oxygen atoms in total. The minimum absolute atomic E-state index is 0.156. The molecular formula is C14H12F2N2O2. The molecule has 6 heteroatoms. The Kier molecular flexibility index (Phi) is 3.22. The molecule has 0 saturated carbocycles. The first-order valence-corrected chi connectivity index (χ1v) is 6.39. The number of rotatable bonds is 2. The first-order valence-electron chi connectivity index (χ1n) is 6.39. The summed E-state index contributed by atoms with van der Waals surface area (Å²) in [5.41, 5.74) is 0.719. The summed E-state index contributed by atoms with van der Waals surface area (Å²) in [6, 6.07) is 2.88. The first-order chi connectivity index (χ1) is 9.65. The number of carbonyl (C=O) groups is 1. The number of amides is 1. The van der Waals surface area contributed by atoms with Crippen LogP contribution in [0.25, 0.3) is 0 Å². The van der Waals surface area contributed by atoms with Gasteiger partial charge in [0.15, 0.2) is 5.69 Å². The van der Waals surface area contributed by atoms with Gasteiger partial charge in [-0.05, 0) is 31.4 Å². The average molecular weight is 278 g/mol. The predicted molar refractivity (Wildman–Crippen MR) is 67.5 cm³/mol. The molecule has 1 aliphatic rings. The summed E-state index contributed by atoms with van der Waals surface area (Å²) in [5, 5.41) is 6.07. The van der Waals surface area contributed by atoms with E-state index in [2.05, 4.69) is 10.5 Å². The summed E-state index contributed by atoms with van der Waals surface area (Å²) < 4.78 is 31.7. The van der Waals surface area contributed by atoms with Crippen LogP contribution in [-0.2, 0) is 12.8 Å². The number of nitrogens with zero attached hydrogens (tertiary/aromatic N) is 1. The minimum atomic E-state index is -0.697. The van der Waals surface area contributed by atoms with Crippen LogP contribution in [0.5, 0.6) is 0 Å². The molecule has 0 fully saturated rings. The van der Waals surface area contributed by atoms with E-state index >= 15 is 0 Å². The largest absolute Gasteiger partial charge is 0.360 e. The third-order valence-corrected chi connectivity index (χ3v) is 3.34. The molecule has 0 unspecified atom stereocenters. The smallest absolute Gasteiger partial charge is 0.278 e. The molecule has 1 aromatic carbocycles. The lowest BCUT2D eigenvalue weighted by Gasteiger charge is -2.09. The standard InChI is InChI=1S/C14H12F2N2O2/c15-8-5-6-10(16)11(7-8)17-14(19)13-9-3-1-2-4-12(9)20-18-13/h5-7H,1-4H2,(H,17,19). The van der Waals surface area contributed by atoms with Gasteiger partial charge in [-0.2, -0.15) is 0 Å². The molecule has 0 aliphatic heterocycles. The van der Waals surface area contributed by atoms with Crippen LogP contribution < -0.4 is 5.32 Å². The maximum Gasteiger partial charge on any atom is 0.278 e. The highest BCUT2D eigenvalue weighted by atomic mass is 19.1. The zero-order valence-electron chi connectivity index (χ0n) is 10.6. The Bertz CT molecular complexity index is 667. The van der Waals surface area contributed by atoms with Crippen molar-refractivity contribution < 1.29 is 18.1 Å². The minimum Gasteiger partial charge on any atom is -0.360 e. The molecule has 0 atom stereocenters. The molecular weight excluding hydrogens is 266 g/mol. The van der Waals surface area contributed by atoms with E-state index in [9.17, 15) is 13.6 Å². The van der Waals surface area contributed by atoms with Gasteiger partial charge in [0.05, 0.1) is 5.69 Å². The number of anilines is 1. The number of aromatic nitrogens is 1. The van der Waals surface area contributed by atoms with E-state index in [1.165, 1.54) is 0 Å². The van der Waals surface area contributed by atoms with E-state index in [0.29, 0.717) is 12.2 Å². The predicted octanol–water partition coefficient (Wildman–Crippen LogP) is 3.08. The monoisotopic (exact) mass is 278 g/mol. The quantitative estimate of drug-likeness (QED) is 0.918. The van der Waals surface area contributed by atoms with Crippen molar-refractivity contribution in [1.29, 1.82) is 0 Å². The van der Waals surface area contributed by atoms with Crippen LogP contribution in [0.4, 0.5) is 14.5 Å². The van der Waals surface area contributed by atoms with Crippen LogP contribution in [0.2, 0.25) is 0 Å². The maximum atomic E-state index is 13.5. The summed E-state index contributed by atoms with van der Waals surface area (Å²) in [6.45, 7) is 0. The number of aryl methyl sites for hydroxylation is 1. The third-order valence-electron chi connectivity index (χ3n) is 3.34. The lowest BCUT2D eigenvalue weighted by atomic mass is 9.96. The number of halogens is 2. The Hall–Kier alpha value is -2.24. The Balaban J connectivity index is 1.86. The van der Waals surface area contributed by atoms with Crippen molar-refractivity contribution in [2.24, 2.45) is 0 Å². The van der Waals surface area contributed by atoms with Gasteiger partial charge in [0, 0.05) is 18.1 Å². The van der Waals surface area contributed by atoms with Crippen LogP contribution in [0.1, 0.15) is 34.7 Å². The summed E-state index contributed by atoms with van der Waals surface area (Å²) in [5.74, 6) is -1.19. The highest BCUT2D eigenvalue weighted by Gasteiger charge is 2.24. The van der Waals surface area contributed by atoms with Crippen molar-refractivity contribution in [1.82, 2.24) is 5.16 Å². The van der Waals surface area contributed by atoms with Gasteiger partial charge in [-0.3, -0.25) is 4.79 Å². The van der Waals surface area contributed by atoms with Gasteiger partial charge in [-0.1, -0.05) is 5.16 Å². The van der Waals surface area contributed by atoms with Crippen molar-refractivity contribution in [2.75, 3.05) is 5.32 Å². The maximum absolute atomic E-state index is 13.5. The van der Waals surface area contributed by atoms with E-state index in [-0.39, 0.29) is 11.4 Å². The van der Waals surface area contributed by atoms with E-state index in [4.69, 9.17) is 4.52 Å². The molecule has 1 aromatic heterocycles. The second-order valence-corrected chi connectivity index (χ2v) is 4.72. The fourth-order valence-corrected chi connectivity index (χ4v) is 2.34. The fourth-order valence-electron chi connectivity index (χ4n) is 2.34. The van der Waals surface area contributed by atoms with Gasteiger partial charge < -0.3 is 9.84 Å². The summed E-state index contributed by atoms with van der Waals surface area (Å²) >= 11 is 0. The molecule has 0 bridgehead atoms. The second kappa shape index (κ2) is 5.03. The summed E-state index contributed by atoms with van der Waals surface area (Å²) in [4.78, 5) is 12.1. The lowest BCUT2D eigenvalue weighted by molar-refractivity contribution is 0.101. The molecule has 0 saturated heterocycles. The normalized spacial score (nSPS) is 13.9. The van der Waals surface area contributed by atoms with E-state index in [1.54, 1.807) is 0 Å². The van der Waals surface area contributed by atoms with Gasteiger partial charge in [0.2, 0.25) is 0 Å². The Morgan fingerprint density at radius 1 is 1.25 bits per heavy atom. The van der Waals surface area contributed by atoms with Crippen molar-refractivity contribution >= 4 is 11.6 Å². The number of benzene rings is 1. The fraction of sp³-hybridized carbons (Fsp3) is 0.286. The highest BCUT2D eigenvalue weighted by Crippen LogP contribution is 2.25. The van der Waals surface area contributed by atoms with Gasteiger partial charge >= 0.3 is 0 Å². The SMILES string of the molecule is O=C(Nc1cc(F)ccc1F)c1noc2c1CCCC2. The zero-order chi connectivity index (χ0) is 14.1. The third kappa shape index (κ3) is 2.29. The van der Waals surface area contributed by atoms with Gasteiger partial charge in [0.25, 0.3) is 5.91 Å². The van der Waals surface area contributed by atoms with Crippen LogP contribution >= 0.6 is 0 Å². The van der Waals surface area contributed by atoms with Gasteiger partial charge in [-0.25, -0.2) is 8.78 Å². The molecule has 1 heterocycles. The number of carbonyl (C=O) groups excluding carboxylic acids is 1. The van der Waals surface area contributed by atoms with E-state index in [0.717, 1.165) is 43.0 Å². The van der Waals surface area contributed by atoms with Crippen LogP contribution in [0.15, 0.2) is 22.7 Å². The Morgan fingerprint density at radius 3 is 2.90 bits per heavy atom. The Morgan fingerprint density at radius 2 is 2.05 bits per heavy atom. The zero-order valence-corrected chi connectivity index (χ0v) is 10.6. The summed E-state index contributed by atoms with van der Waals surface area (Å²) in [7, 11) is 0. The number of nitrogens with one attached hydrogen (secondary N) is 1. The molecule has 104 valence electrons. The van der Waals surface area contributed by atoms with E-state index < -0.39 is 17.5 Å². The van der Waals surface area contributed by atoms with Crippen LogP contribution in [0.3, 0.4) is 0 Å². The molecule has 20 heavy (non-hydrogen) atoms. The highest BCUT2D eigenvalue weighted by molar-refractivity contribution is 6.04. The lowest BCUT2D eigenvalue weighted by Crippen LogP contribution is -2.16. The Labute approximate surface area is 113 Å². The summed E-state index contributed by atoms with van der Waals surface area (Å²) in [6.07, 6.45) is 3.43. The average Bonchev–Trinajstić information content (AvgIpc) is 2.87. The second-order valence-electron chi connectivity index (χ2n) is 4.72. The number of fused-ring (bicyclic) bond motifs is 1. The molecule has 0 spiro atoms.